The monoisotopic (exact) mass is 408 g/mol. The Hall–Kier alpha value is -3.06. The Morgan fingerprint density at radius 3 is 2.38 bits per heavy atom. The van der Waals surface area contributed by atoms with Gasteiger partial charge in [-0.15, -0.1) is 0 Å². The molecule has 2 N–H and O–H groups in total. The van der Waals surface area contributed by atoms with E-state index < -0.39 is 0 Å². The van der Waals surface area contributed by atoms with E-state index in [-0.39, 0.29) is 24.3 Å². The molecule has 1 heterocycles. The van der Waals surface area contributed by atoms with Gasteiger partial charge in [-0.05, 0) is 36.8 Å². The predicted octanol–water partition coefficient (Wildman–Crippen LogP) is 4.09. The number of anilines is 1. The van der Waals surface area contributed by atoms with Crippen LogP contribution in [0.1, 0.15) is 30.5 Å². The summed E-state index contributed by atoms with van der Waals surface area (Å²) in [7, 11) is 1.95. The first-order valence-corrected chi connectivity index (χ1v) is 10.1. The fourth-order valence-electron chi connectivity index (χ4n) is 2.86. The molecule has 2 amide bonds. The van der Waals surface area contributed by atoms with Crippen LogP contribution < -0.4 is 10.6 Å². The molecule has 29 heavy (non-hydrogen) atoms. The highest BCUT2D eigenvalue weighted by Crippen LogP contribution is 2.27. The molecule has 0 aliphatic carbocycles. The number of nitrogens with one attached hydrogen (secondary N) is 2. The molecule has 6 nitrogen and oxygen atoms in total. The number of carbonyl (C=O) groups is 2. The number of aromatic nitrogens is 2. The van der Waals surface area contributed by atoms with Crippen LogP contribution in [0.5, 0.6) is 0 Å². The second kappa shape index (κ2) is 9.43. The van der Waals surface area contributed by atoms with Crippen molar-refractivity contribution < 1.29 is 9.59 Å². The third-order valence-electron chi connectivity index (χ3n) is 4.37. The van der Waals surface area contributed by atoms with Crippen LogP contribution in [0, 0.1) is 6.92 Å². The maximum atomic E-state index is 12.5. The zero-order valence-corrected chi connectivity index (χ0v) is 17.5. The Kier molecular flexibility index (Phi) is 6.72. The van der Waals surface area contributed by atoms with E-state index in [1.807, 2.05) is 73.3 Å². The number of amides is 2. The van der Waals surface area contributed by atoms with Crippen molar-refractivity contribution in [3.63, 3.8) is 0 Å². The van der Waals surface area contributed by atoms with E-state index in [0.29, 0.717) is 5.69 Å². The van der Waals surface area contributed by atoms with Crippen molar-refractivity contribution in [3.05, 3.63) is 72.1 Å². The number of imidazole rings is 1. The first-order chi connectivity index (χ1) is 13.9. The summed E-state index contributed by atoms with van der Waals surface area (Å²) in [6.45, 7) is 3.46. The highest BCUT2D eigenvalue weighted by Gasteiger charge is 2.17. The molecule has 2 aromatic carbocycles. The Bertz CT molecular complexity index is 981. The molecule has 0 radical (unpaired) electrons. The Labute approximate surface area is 174 Å². The minimum atomic E-state index is -0.369. The van der Waals surface area contributed by atoms with E-state index >= 15 is 0 Å². The summed E-state index contributed by atoms with van der Waals surface area (Å²) in [5.74, 6) is -0.326. The fraction of sp³-hybridized carbons (Fsp3) is 0.227. The lowest BCUT2D eigenvalue weighted by molar-refractivity contribution is -0.120. The molecule has 1 aromatic heterocycles. The van der Waals surface area contributed by atoms with Gasteiger partial charge in [-0.2, -0.15) is 0 Å². The Morgan fingerprint density at radius 2 is 1.79 bits per heavy atom. The number of nitrogens with zero attached hydrogens (tertiary/aromatic N) is 2. The molecule has 0 saturated heterocycles. The first-order valence-electron chi connectivity index (χ1n) is 9.29. The molecule has 0 fully saturated rings. The summed E-state index contributed by atoms with van der Waals surface area (Å²) < 4.78 is 1.95. The number of carbonyl (C=O) groups excluding carboxylic acids is 2. The maximum absolute atomic E-state index is 12.5. The van der Waals surface area contributed by atoms with Crippen LogP contribution >= 0.6 is 11.8 Å². The Balaban J connectivity index is 1.62. The third kappa shape index (κ3) is 5.96. The molecule has 0 bridgehead atoms. The average molecular weight is 409 g/mol. The van der Waals surface area contributed by atoms with Crippen LogP contribution in [-0.4, -0.2) is 21.4 Å². The van der Waals surface area contributed by atoms with Gasteiger partial charge in [0.1, 0.15) is 0 Å². The van der Waals surface area contributed by atoms with Crippen molar-refractivity contribution in [2.75, 3.05) is 5.32 Å². The molecule has 0 spiro atoms. The fourth-order valence-corrected chi connectivity index (χ4v) is 3.66. The summed E-state index contributed by atoms with van der Waals surface area (Å²) in [6.07, 6.45) is 3.82. The van der Waals surface area contributed by atoms with Gasteiger partial charge in [0, 0.05) is 36.9 Å². The molecule has 0 aliphatic rings. The molecule has 0 saturated carbocycles. The minimum Gasteiger partial charge on any atom is -0.349 e. The molecule has 150 valence electrons. The molecular formula is C22H24N4O2S. The standard InChI is InChI=1S/C22H24N4O2S/c1-15-4-6-17(7-5-15)20(24-16(2)27)14-21(28)25-18-8-10-19(11-9-18)29-22-23-12-13-26(22)3/h4-13,20H,14H2,1-3H3,(H,24,27)(H,25,28). The Morgan fingerprint density at radius 1 is 1.10 bits per heavy atom. The lowest BCUT2D eigenvalue weighted by Gasteiger charge is -2.18. The van der Waals surface area contributed by atoms with Gasteiger partial charge in [-0.3, -0.25) is 9.59 Å². The largest absolute Gasteiger partial charge is 0.349 e. The number of rotatable bonds is 7. The van der Waals surface area contributed by atoms with Crippen molar-refractivity contribution in [2.45, 2.75) is 36.4 Å². The van der Waals surface area contributed by atoms with Crippen molar-refractivity contribution in [2.24, 2.45) is 7.05 Å². The van der Waals surface area contributed by atoms with E-state index in [2.05, 4.69) is 15.6 Å². The predicted molar refractivity (Wildman–Crippen MR) is 115 cm³/mol. The third-order valence-corrected chi connectivity index (χ3v) is 5.45. The number of benzene rings is 2. The van der Waals surface area contributed by atoms with Crippen molar-refractivity contribution in [3.8, 4) is 0 Å². The molecule has 1 unspecified atom stereocenters. The summed E-state index contributed by atoms with van der Waals surface area (Å²) in [5, 5.41) is 6.66. The molecule has 3 rings (SSSR count). The van der Waals surface area contributed by atoms with E-state index in [9.17, 15) is 9.59 Å². The normalized spacial score (nSPS) is 11.7. The molecule has 0 aliphatic heterocycles. The quantitative estimate of drug-likeness (QED) is 0.617. The van der Waals surface area contributed by atoms with Gasteiger partial charge in [-0.25, -0.2) is 4.98 Å². The number of hydrogen-bond acceptors (Lipinski definition) is 4. The van der Waals surface area contributed by atoms with Crippen LogP contribution in [0.25, 0.3) is 0 Å². The van der Waals surface area contributed by atoms with Gasteiger partial charge in [0.2, 0.25) is 11.8 Å². The lowest BCUT2D eigenvalue weighted by atomic mass is 10.0. The topological polar surface area (TPSA) is 76.0 Å². The van der Waals surface area contributed by atoms with E-state index in [4.69, 9.17) is 0 Å². The van der Waals surface area contributed by atoms with E-state index in [1.54, 1.807) is 18.0 Å². The van der Waals surface area contributed by atoms with Gasteiger partial charge in [0.15, 0.2) is 5.16 Å². The summed E-state index contributed by atoms with van der Waals surface area (Å²) in [5.41, 5.74) is 2.75. The average Bonchev–Trinajstić information content (AvgIpc) is 3.07. The van der Waals surface area contributed by atoms with Gasteiger partial charge < -0.3 is 15.2 Å². The van der Waals surface area contributed by atoms with E-state index in [0.717, 1.165) is 21.2 Å². The highest BCUT2D eigenvalue weighted by molar-refractivity contribution is 7.99. The SMILES string of the molecule is CC(=O)NC(CC(=O)Nc1ccc(Sc2nccn2C)cc1)c1ccc(C)cc1. The van der Waals surface area contributed by atoms with Crippen LogP contribution in [-0.2, 0) is 16.6 Å². The lowest BCUT2D eigenvalue weighted by Crippen LogP contribution is -2.29. The second-order valence-corrected chi connectivity index (χ2v) is 7.90. The van der Waals surface area contributed by atoms with Gasteiger partial charge in [-0.1, -0.05) is 41.6 Å². The zero-order chi connectivity index (χ0) is 20.8. The first kappa shape index (κ1) is 20.7. The summed E-state index contributed by atoms with van der Waals surface area (Å²) in [6, 6.07) is 15.1. The van der Waals surface area contributed by atoms with Crippen LogP contribution in [0.3, 0.4) is 0 Å². The summed E-state index contributed by atoms with van der Waals surface area (Å²) in [4.78, 5) is 29.5. The van der Waals surface area contributed by atoms with Gasteiger partial charge in [0.25, 0.3) is 0 Å². The van der Waals surface area contributed by atoms with Crippen molar-refractivity contribution >= 4 is 29.3 Å². The maximum Gasteiger partial charge on any atom is 0.226 e. The molecule has 1 atom stereocenters. The van der Waals surface area contributed by atoms with Crippen LogP contribution in [0.15, 0.2) is 71.0 Å². The van der Waals surface area contributed by atoms with Gasteiger partial charge in [0.05, 0.1) is 12.5 Å². The minimum absolute atomic E-state index is 0.158. The highest BCUT2D eigenvalue weighted by atomic mass is 32.2. The van der Waals surface area contributed by atoms with Crippen LogP contribution in [0.2, 0.25) is 0 Å². The van der Waals surface area contributed by atoms with Gasteiger partial charge >= 0.3 is 0 Å². The molecular weight excluding hydrogens is 384 g/mol. The smallest absolute Gasteiger partial charge is 0.226 e. The molecule has 3 aromatic rings. The van der Waals surface area contributed by atoms with E-state index in [1.165, 1.54) is 6.92 Å². The van der Waals surface area contributed by atoms with Crippen molar-refractivity contribution in [1.29, 1.82) is 0 Å². The second-order valence-electron chi connectivity index (χ2n) is 6.86. The number of hydrogen-bond donors (Lipinski definition) is 2. The summed E-state index contributed by atoms with van der Waals surface area (Å²) >= 11 is 1.56. The van der Waals surface area contributed by atoms with Crippen LogP contribution in [0.4, 0.5) is 5.69 Å². The zero-order valence-electron chi connectivity index (χ0n) is 16.7. The van der Waals surface area contributed by atoms with Crippen molar-refractivity contribution in [1.82, 2.24) is 14.9 Å². The number of aryl methyl sites for hydroxylation is 2. The molecule has 7 heteroatoms.